The Morgan fingerprint density at radius 2 is 2.47 bits per heavy atom. The quantitative estimate of drug-likeness (QED) is 0.858. The number of aromatic nitrogens is 1. The summed E-state index contributed by atoms with van der Waals surface area (Å²) in [5.41, 5.74) is 2.28. The zero-order valence-electron chi connectivity index (χ0n) is 9.69. The third-order valence-corrected chi connectivity index (χ3v) is 4.63. The fourth-order valence-corrected chi connectivity index (χ4v) is 3.63. The van der Waals surface area contributed by atoms with Crippen LogP contribution in [0.5, 0.6) is 0 Å². The first-order chi connectivity index (χ1) is 8.36. The van der Waals surface area contributed by atoms with E-state index in [4.69, 9.17) is 0 Å². The molecule has 4 heteroatoms. The van der Waals surface area contributed by atoms with Gasteiger partial charge in [0.25, 0.3) is 0 Å². The van der Waals surface area contributed by atoms with Crippen molar-refractivity contribution in [3.05, 3.63) is 29.6 Å². The van der Waals surface area contributed by atoms with Crippen molar-refractivity contribution >= 4 is 17.5 Å². The number of Topliss-reactive ketones (excluding diaryl/α,β-unsaturated/α-hetero) is 1. The van der Waals surface area contributed by atoms with Crippen LogP contribution in [-0.2, 0) is 11.2 Å². The largest absolute Gasteiger partial charge is 0.306 e. The van der Waals surface area contributed by atoms with Gasteiger partial charge in [-0.15, -0.1) is 0 Å². The van der Waals surface area contributed by atoms with Crippen LogP contribution < -0.4 is 5.32 Å². The lowest BCUT2D eigenvalue weighted by molar-refractivity contribution is -0.122. The minimum Gasteiger partial charge on any atom is -0.306 e. The molecule has 3 rings (SSSR count). The van der Waals surface area contributed by atoms with Crippen LogP contribution in [0.15, 0.2) is 18.3 Å². The Morgan fingerprint density at radius 3 is 3.29 bits per heavy atom. The van der Waals surface area contributed by atoms with Gasteiger partial charge in [0.1, 0.15) is 0 Å². The topological polar surface area (TPSA) is 42.0 Å². The van der Waals surface area contributed by atoms with Crippen molar-refractivity contribution in [3.63, 3.8) is 0 Å². The highest BCUT2D eigenvalue weighted by Crippen LogP contribution is 2.33. The first-order valence-electron chi connectivity index (χ1n) is 6.15. The van der Waals surface area contributed by atoms with E-state index in [1.165, 1.54) is 5.56 Å². The van der Waals surface area contributed by atoms with E-state index in [1.807, 2.05) is 17.8 Å². The van der Waals surface area contributed by atoms with E-state index in [9.17, 15) is 4.79 Å². The lowest BCUT2D eigenvalue weighted by Gasteiger charge is -2.24. The van der Waals surface area contributed by atoms with Gasteiger partial charge in [-0.1, -0.05) is 6.07 Å². The molecule has 2 aliphatic rings. The number of fused-ring (bicyclic) bond motifs is 1. The summed E-state index contributed by atoms with van der Waals surface area (Å²) in [6.45, 7) is 0.947. The van der Waals surface area contributed by atoms with Gasteiger partial charge in [-0.2, -0.15) is 11.8 Å². The minimum atomic E-state index is 0.0300. The van der Waals surface area contributed by atoms with Gasteiger partial charge in [0.2, 0.25) is 0 Å². The molecule has 0 aromatic carbocycles. The molecule has 1 N–H and O–H groups in total. The van der Waals surface area contributed by atoms with Crippen molar-refractivity contribution in [3.8, 4) is 0 Å². The standard InChI is InChI=1S/C13H16N2OS/c16-13(11-8-17-7-6-14-11)10-4-3-9-2-1-5-15-12(9)10/h1-2,5,10-11,14H,3-4,6-8H2. The van der Waals surface area contributed by atoms with E-state index in [0.717, 1.165) is 36.6 Å². The summed E-state index contributed by atoms with van der Waals surface area (Å²) in [5, 5.41) is 3.33. The molecule has 3 nitrogen and oxygen atoms in total. The van der Waals surface area contributed by atoms with E-state index in [-0.39, 0.29) is 12.0 Å². The Labute approximate surface area is 105 Å². The van der Waals surface area contributed by atoms with Crippen LogP contribution in [-0.4, -0.2) is 34.9 Å². The molecule has 17 heavy (non-hydrogen) atoms. The van der Waals surface area contributed by atoms with Crippen LogP contribution in [0, 0.1) is 0 Å². The maximum atomic E-state index is 12.4. The molecule has 1 saturated heterocycles. The van der Waals surface area contributed by atoms with Crippen molar-refractivity contribution < 1.29 is 4.79 Å². The number of hydrogen-bond donors (Lipinski definition) is 1. The third kappa shape index (κ3) is 2.11. The number of ketones is 1. The van der Waals surface area contributed by atoms with Gasteiger partial charge in [-0.3, -0.25) is 9.78 Å². The number of rotatable bonds is 2. The Hall–Kier alpha value is -0.870. The van der Waals surface area contributed by atoms with Gasteiger partial charge in [0, 0.05) is 24.2 Å². The van der Waals surface area contributed by atoms with E-state index < -0.39 is 0 Å². The van der Waals surface area contributed by atoms with Crippen LogP contribution in [0.25, 0.3) is 0 Å². The maximum absolute atomic E-state index is 12.4. The fourth-order valence-electron chi connectivity index (χ4n) is 2.68. The molecule has 2 heterocycles. The van der Waals surface area contributed by atoms with Gasteiger partial charge in [0.15, 0.2) is 5.78 Å². The Balaban J connectivity index is 1.79. The summed E-state index contributed by atoms with van der Waals surface area (Å²) in [6.07, 6.45) is 3.74. The number of nitrogens with one attached hydrogen (secondary N) is 1. The lowest BCUT2D eigenvalue weighted by Crippen LogP contribution is -2.45. The number of nitrogens with zero attached hydrogens (tertiary/aromatic N) is 1. The van der Waals surface area contributed by atoms with Crippen LogP contribution in [0.2, 0.25) is 0 Å². The van der Waals surface area contributed by atoms with E-state index in [1.54, 1.807) is 6.20 Å². The number of hydrogen-bond acceptors (Lipinski definition) is 4. The Bertz CT molecular complexity index is 429. The molecule has 2 atom stereocenters. The average Bonchev–Trinajstić information content (AvgIpc) is 2.83. The highest BCUT2D eigenvalue weighted by atomic mass is 32.2. The molecular formula is C13H16N2OS. The van der Waals surface area contributed by atoms with Crippen molar-refractivity contribution in [2.75, 3.05) is 18.1 Å². The molecule has 90 valence electrons. The first kappa shape index (κ1) is 11.2. The lowest BCUT2D eigenvalue weighted by atomic mass is 9.96. The summed E-state index contributed by atoms with van der Waals surface area (Å²) in [4.78, 5) is 16.8. The van der Waals surface area contributed by atoms with Crippen LogP contribution in [0.1, 0.15) is 23.6 Å². The van der Waals surface area contributed by atoms with Crippen LogP contribution in [0.4, 0.5) is 0 Å². The second-order valence-corrected chi connectivity index (χ2v) is 5.77. The Kier molecular flexibility index (Phi) is 3.16. The van der Waals surface area contributed by atoms with E-state index >= 15 is 0 Å². The molecule has 1 fully saturated rings. The van der Waals surface area contributed by atoms with Gasteiger partial charge >= 0.3 is 0 Å². The highest BCUT2D eigenvalue weighted by Gasteiger charge is 2.34. The van der Waals surface area contributed by atoms with Gasteiger partial charge in [-0.05, 0) is 24.5 Å². The molecule has 0 amide bonds. The van der Waals surface area contributed by atoms with Crippen molar-refractivity contribution in [2.45, 2.75) is 24.8 Å². The summed E-state index contributed by atoms with van der Waals surface area (Å²) in [7, 11) is 0. The van der Waals surface area contributed by atoms with Gasteiger partial charge in [-0.25, -0.2) is 0 Å². The number of carbonyl (C=O) groups is 1. The maximum Gasteiger partial charge on any atom is 0.159 e. The number of thioether (sulfide) groups is 1. The molecule has 0 spiro atoms. The zero-order valence-corrected chi connectivity index (χ0v) is 10.5. The molecule has 1 aromatic rings. The summed E-state index contributed by atoms with van der Waals surface area (Å²) < 4.78 is 0. The second-order valence-electron chi connectivity index (χ2n) is 4.62. The first-order valence-corrected chi connectivity index (χ1v) is 7.30. The Morgan fingerprint density at radius 1 is 1.53 bits per heavy atom. The minimum absolute atomic E-state index is 0.0300. The smallest absolute Gasteiger partial charge is 0.159 e. The predicted molar refractivity (Wildman–Crippen MR) is 69.4 cm³/mol. The molecule has 0 radical (unpaired) electrons. The zero-order chi connectivity index (χ0) is 11.7. The molecule has 0 saturated carbocycles. The normalized spacial score (nSPS) is 27.8. The van der Waals surface area contributed by atoms with E-state index in [0.29, 0.717) is 5.78 Å². The monoisotopic (exact) mass is 248 g/mol. The van der Waals surface area contributed by atoms with Crippen LogP contribution >= 0.6 is 11.8 Å². The summed E-state index contributed by atoms with van der Waals surface area (Å²) in [6, 6.07) is 4.09. The average molecular weight is 248 g/mol. The fraction of sp³-hybridized carbons (Fsp3) is 0.538. The van der Waals surface area contributed by atoms with Crippen molar-refractivity contribution in [2.24, 2.45) is 0 Å². The number of aryl methyl sites for hydroxylation is 1. The third-order valence-electron chi connectivity index (χ3n) is 3.57. The molecule has 1 aliphatic heterocycles. The summed E-state index contributed by atoms with van der Waals surface area (Å²) >= 11 is 1.87. The van der Waals surface area contributed by atoms with Crippen LogP contribution in [0.3, 0.4) is 0 Å². The molecule has 1 aromatic heterocycles. The molecular weight excluding hydrogens is 232 g/mol. The number of carbonyl (C=O) groups excluding carboxylic acids is 1. The van der Waals surface area contributed by atoms with Gasteiger partial charge < -0.3 is 5.32 Å². The highest BCUT2D eigenvalue weighted by molar-refractivity contribution is 7.99. The SMILES string of the molecule is O=C(C1CSCCN1)C1CCc2cccnc21. The summed E-state index contributed by atoms with van der Waals surface area (Å²) in [5.74, 6) is 2.40. The number of pyridine rings is 1. The van der Waals surface area contributed by atoms with Crippen molar-refractivity contribution in [1.82, 2.24) is 10.3 Å². The predicted octanol–water partition coefficient (Wildman–Crippen LogP) is 1.39. The molecule has 0 bridgehead atoms. The van der Waals surface area contributed by atoms with Crippen molar-refractivity contribution in [1.29, 1.82) is 0 Å². The molecule has 1 aliphatic carbocycles. The van der Waals surface area contributed by atoms with E-state index in [2.05, 4.69) is 16.4 Å². The molecule has 2 unspecified atom stereocenters. The van der Waals surface area contributed by atoms with Gasteiger partial charge in [0.05, 0.1) is 17.7 Å². The second kappa shape index (κ2) is 4.78.